The Morgan fingerprint density at radius 3 is 2.73 bits per heavy atom. The van der Waals surface area contributed by atoms with E-state index >= 15 is 0 Å². The quantitative estimate of drug-likeness (QED) is 0.715. The number of phenols is 1. The van der Waals surface area contributed by atoms with E-state index < -0.39 is 0 Å². The third kappa shape index (κ3) is 2.42. The Kier molecular flexibility index (Phi) is 3.24. The first kappa shape index (κ1) is 13.2. The minimum absolute atomic E-state index is 0.262. The summed E-state index contributed by atoms with van der Waals surface area (Å²) >= 11 is 1.64. The summed E-state index contributed by atoms with van der Waals surface area (Å²) in [6.07, 6.45) is 3.82. The highest BCUT2D eigenvalue weighted by molar-refractivity contribution is 7.18. The van der Waals surface area contributed by atoms with Crippen LogP contribution >= 0.6 is 11.3 Å². The molecular weight excluding hydrogens is 292 g/mol. The normalized spacial score (nSPS) is 13.1. The van der Waals surface area contributed by atoms with Crippen LogP contribution in [0.25, 0.3) is 10.4 Å². The number of rotatable bonds is 2. The number of aryl methyl sites for hydroxylation is 2. The third-order valence-electron chi connectivity index (χ3n) is 3.80. The summed E-state index contributed by atoms with van der Waals surface area (Å²) in [7, 11) is 0. The topological polar surface area (TPSA) is 45.5 Å². The van der Waals surface area contributed by atoms with Crippen molar-refractivity contribution < 1.29 is 5.11 Å². The van der Waals surface area contributed by atoms with Gasteiger partial charge in [-0.25, -0.2) is 9.98 Å². The lowest BCUT2D eigenvalue weighted by Gasteiger charge is -2.13. The third-order valence-corrected chi connectivity index (χ3v) is 4.84. The molecule has 0 unspecified atom stereocenters. The molecule has 0 radical (unpaired) electrons. The maximum absolute atomic E-state index is 9.29. The van der Waals surface area contributed by atoms with Gasteiger partial charge in [-0.1, -0.05) is 35.6 Å². The number of aliphatic imine (C=N–C) groups is 1. The first-order valence-corrected chi connectivity index (χ1v) is 8.02. The zero-order valence-corrected chi connectivity index (χ0v) is 12.7. The van der Waals surface area contributed by atoms with E-state index in [1.807, 2.05) is 12.1 Å². The van der Waals surface area contributed by atoms with Gasteiger partial charge >= 0.3 is 0 Å². The molecule has 3 aromatic rings. The van der Waals surface area contributed by atoms with E-state index in [0.29, 0.717) is 0 Å². The predicted octanol–water partition coefficient (Wildman–Crippen LogP) is 4.36. The van der Waals surface area contributed by atoms with Crippen molar-refractivity contribution in [2.75, 3.05) is 0 Å². The van der Waals surface area contributed by atoms with Crippen molar-refractivity contribution in [2.24, 2.45) is 4.99 Å². The maximum atomic E-state index is 9.29. The summed E-state index contributed by atoms with van der Waals surface area (Å²) < 4.78 is 0. The van der Waals surface area contributed by atoms with Gasteiger partial charge < -0.3 is 5.11 Å². The second-order valence-corrected chi connectivity index (χ2v) is 6.26. The number of fused-ring (bicyclic) bond motifs is 3. The van der Waals surface area contributed by atoms with Crippen LogP contribution in [0.15, 0.2) is 53.5 Å². The van der Waals surface area contributed by atoms with Crippen LogP contribution in [-0.2, 0) is 12.8 Å². The first-order chi connectivity index (χ1) is 10.8. The maximum Gasteiger partial charge on any atom is 0.209 e. The monoisotopic (exact) mass is 306 g/mol. The SMILES string of the molecule is Oc1ccc(C=Nc2nc3c(s2)-c2ccccc2CC3)cc1. The highest BCUT2D eigenvalue weighted by Gasteiger charge is 2.19. The summed E-state index contributed by atoms with van der Waals surface area (Å²) in [6, 6.07) is 15.5. The standard InChI is InChI=1S/C18H14N2OS/c21-14-8-5-12(6-9-14)11-19-18-20-16-10-7-13-3-1-2-4-15(13)17(16)22-18/h1-6,8-9,11,21H,7,10H2. The van der Waals surface area contributed by atoms with E-state index in [2.05, 4.69) is 34.2 Å². The molecule has 4 heteroatoms. The van der Waals surface area contributed by atoms with Crippen molar-refractivity contribution in [3.63, 3.8) is 0 Å². The summed E-state index contributed by atoms with van der Waals surface area (Å²) in [5, 5.41) is 10.1. The second-order valence-electron chi connectivity index (χ2n) is 5.28. The molecule has 22 heavy (non-hydrogen) atoms. The number of thiazole rings is 1. The highest BCUT2D eigenvalue weighted by Crippen LogP contribution is 2.40. The van der Waals surface area contributed by atoms with Gasteiger partial charge in [-0.2, -0.15) is 0 Å². The van der Waals surface area contributed by atoms with Crippen LogP contribution in [0.2, 0.25) is 0 Å². The van der Waals surface area contributed by atoms with Gasteiger partial charge in [-0.3, -0.25) is 0 Å². The number of phenolic OH excluding ortho intramolecular Hbond substituents is 1. The van der Waals surface area contributed by atoms with Crippen LogP contribution < -0.4 is 0 Å². The average molecular weight is 306 g/mol. The summed E-state index contributed by atoms with van der Waals surface area (Å²) in [5.41, 5.74) is 4.80. The van der Waals surface area contributed by atoms with E-state index in [0.717, 1.165) is 29.2 Å². The Labute approximate surface area is 132 Å². The van der Waals surface area contributed by atoms with Gasteiger partial charge in [-0.15, -0.1) is 0 Å². The molecule has 1 N–H and O–H groups in total. The summed E-state index contributed by atoms with van der Waals surface area (Å²) in [6.45, 7) is 0. The van der Waals surface area contributed by atoms with Gasteiger partial charge in [0, 0.05) is 6.21 Å². The molecule has 0 saturated carbocycles. The summed E-state index contributed by atoms with van der Waals surface area (Å²) in [5.74, 6) is 0.262. The molecule has 1 aromatic heterocycles. The Morgan fingerprint density at radius 2 is 1.86 bits per heavy atom. The zero-order chi connectivity index (χ0) is 14.9. The molecule has 0 amide bonds. The van der Waals surface area contributed by atoms with Crippen molar-refractivity contribution in [1.29, 1.82) is 0 Å². The van der Waals surface area contributed by atoms with E-state index in [1.165, 1.54) is 16.0 Å². The lowest BCUT2D eigenvalue weighted by molar-refractivity contribution is 0.475. The lowest BCUT2D eigenvalue weighted by Crippen LogP contribution is -2.01. The van der Waals surface area contributed by atoms with Crippen molar-refractivity contribution >= 4 is 22.7 Å². The minimum Gasteiger partial charge on any atom is -0.508 e. The van der Waals surface area contributed by atoms with Crippen molar-refractivity contribution in [3.05, 3.63) is 65.4 Å². The molecule has 0 spiro atoms. The molecule has 1 aliphatic rings. The number of benzene rings is 2. The molecule has 1 aliphatic carbocycles. The highest BCUT2D eigenvalue weighted by atomic mass is 32.1. The Bertz CT molecular complexity index is 850. The van der Waals surface area contributed by atoms with Crippen LogP contribution in [0, 0.1) is 0 Å². The molecule has 0 aliphatic heterocycles. The van der Waals surface area contributed by atoms with Crippen LogP contribution in [-0.4, -0.2) is 16.3 Å². The molecule has 2 aromatic carbocycles. The fourth-order valence-corrected chi connectivity index (χ4v) is 3.70. The van der Waals surface area contributed by atoms with Gasteiger partial charge in [0.25, 0.3) is 0 Å². The van der Waals surface area contributed by atoms with Gasteiger partial charge in [-0.05, 0) is 53.8 Å². The Hall–Kier alpha value is -2.46. The number of hydrogen-bond acceptors (Lipinski definition) is 4. The predicted molar refractivity (Wildman–Crippen MR) is 90.3 cm³/mol. The van der Waals surface area contributed by atoms with Crippen LogP contribution in [0.1, 0.15) is 16.8 Å². The van der Waals surface area contributed by atoms with E-state index in [1.54, 1.807) is 29.7 Å². The minimum atomic E-state index is 0.262. The van der Waals surface area contributed by atoms with Gasteiger partial charge in [0.05, 0.1) is 10.6 Å². The Morgan fingerprint density at radius 1 is 1.05 bits per heavy atom. The average Bonchev–Trinajstić information content (AvgIpc) is 2.98. The van der Waals surface area contributed by atoms with E-state index in [9.17, 15) is 5.11 Å². The number of hydrogen-bond donors (Lipinski definition) is 1. The van der Waals surface area contributed by atoms with Crippen LogP contribution in [0.4, 0.5) is 5.13 Å². The van der Waals surface area contributed by atoms with E-state index in [4.69, 9.17) is 0 Å². The number of aromatic hydroxyl groups is 1. The van der Waals surface area contributed by atoms with Gasteiger partial charge in [0.1, 0.15) is 5.75 Å². The van der Waals surface area contributed by atoms with Gasteiger partial charge in [0.2, 0.25) is 5.13 Å². The second kappa shape index (κ2) is 5.39. The summed E-state index contributed by atoms with van der Waals surface area (Å²) in [4.78, 5) is 10.4. The fraction of sp³-hybridized carbons (Fsp3) is 0.111. The van der Waals surface area contributed by atoms with Gasteiger partial charge in [0.15, 0.2) is 0 Å². The Balaban J connectivity index is 1.66. The fourth-order valence-electron chi connectivity index (χ4n) is 2.68. The van der Waals surface area contributed by atoms with Crippen molar-refractivity contribution in [1.82, 2.24) is 4.98 Å². The van der Waals surface area contributed by atoms with E-state index in [-0.39, 0.29) is 5.75 Å². The molecule has 108 valence electrons. The molecule has 4 rings (SSSR count). The van der Waals surface area contributed by atoms with Crippen LogP contribution in [0.5, 0.6) is 5.75 Å². The number of aromatic nitrogens is 1. The lowest BCUT2D eigenvalue weighted by atomic mass is 9.94. The molecule has 3 nitrogen and oxygen atoms in total. The smallest absolute Gasteiger partial charge is 0.209 e. The van der Waals surface area contributed by atoms with Crippen LogP contribution in [0.3, 0.4) is 0 Å². The van der Waals surface area contributed by atoms with Crippen molar-refractivity contribution in [3.8, 4) is 16.2 Å². The molecule has 0 saturated heterocycles. The molecule has 0 atom stereocenters. The molecule has 0 bridgehead atoms. The molecular formula is C18H14N2OS. The molecule has 1 heterocycles. The molecule has 0 fully saturated rings. The van der Waals surface area contributed by atoms with Crippen molar-refractivity contribution in [2.45, 2.75) is 12.8 Å². The zero-order valence-electron chi connectivity index (χ0n) is 11.9. The number of nitrogens with zero attached hydrogens (tertiary/aromatic N) is 2. The largest absolute Gasteiger partial charge is 0.508 e. The first-order valence-electron chi connectivity index (χ1n) is 7.21.